The molecule has 1 aromatic rings. The monoisotopic (exact) mass is 297 g/mol. The van der Waals surface area contributed by atoms with E-state index in [2.05, 4.69) is 12.2 Å². The first-order valence-corrected chi connectivity index (χ1v) is 7.63. The summed E-state index contributed by atoms with van der Waals surface area (Å²) in [7, 11) is 0. The Labute approximate surface area is 126 Å². The molecule has 0 saturated heterocycles. The molecule has 0 fully saturated rings. The average Bonchev–Trinajstić information content (AvgIpc) is 2.38. The number of carbonyl (C=O) groups is 1. The first-order chi connectivity index (χ1) is 9.52. The fourth-order valence-corrected chi connectivity index (χ4v) is 2.11. The maximum Gasteiger partial charge on any atom is 0.260 e. The number of hydrogen-bond donors (Lipinski definition) is 1. The molecule has 1 rings (SSSR count). The van der Waals surface area contributed by atoms with Crippen LogP contribution in [0.15, 0.2) is 24.3 Å². The van der Waals surface area contributed by atoms with Gasteiger partial charge in [-0.3, -0.25) is 4.79 Å². The Morgan fingerprint density at radius 1 is 1.35 bits per heavy atom. The molecule has 0 aromatic heterocycles. The summed E-state index contributed by atoms with van der Waals surface area (Å²) in [6, 6.07) is 7.25. The van der Waals surface area contributed by atoms with Crippen molar-refractivity contribution in [2.24, 2.45) is 0 Å². The highest BCUT2D eigenvalue weighted by atomic mass is 35.5. The van der Waals surface area contributed by atoms with Gasteiger partial charge in [0, 0.05) is 11.1 Å². The molecule has 1 amide bonds. The van der Waals surface area contributed by atoms with E-state index in [0.717, 1.165) is 12.8 Å². The largest absolute Gasteiger partial charge is 0.481 e. The van der Waals surface area contributed by atoms with Crippen LogP contribution in [0.4, 0.5) is 0 Å². The molecule has 0 aliphatic carbocycles. The van der Waals surface area contributed by atoms with E-state index in [-0.39, 0.29) is 11.9 Å². The molecule has 0 unspecified atom stereocenters. The third kappa shape index (κ3) is 6.29. The number of hydrogen-bond acceptors (Lipinski definition) is 2. The van der Waals surface area contributed by atoms with Gasteiger partial charge >= 0.3 is 0 Å². The van der Waals surface area contributed by atoms with Gasteiger partial charge in [-0.2, -0.15) is 0 Å². The topological polar surface area (TPSA) is 38.3 Å². The Bertz CT molecular complexity index is 423. The van der Waals surface area contributed by atoms with E-state index in [9.17, 15) is 4.79 Å². The Morgan fingerprint density at radius 2 is 2.10 bits per heavy atom. The van der Waals surface area contributed by atoms with E-state index in [4.69, 9.17) is 16.3 Å². The minimum absolute atomic E-state index is 0.0889. The third-order valence-corrected chi connectivity index (χ3v) is 3.34. The highest BCUT2D eigenvalue weighted by Gasteiger charge is 2.16. The summed E-state index contributed by atoms with van der Waals surface area (Å²) in [5.41, 5.74) is 0. The molecule has 2 atom stereocenters. The van der Waals surface area contributed by atoms with Crippen molar-refractivity contribution in [2.45, 2.75) is 58.6 Å². The standard InChI is InChI=1S/C16H24ClNO2/c1-4-5-6-8-12(2)18-16(19)13(3)20-15-10-7-9-14(17)11-15/h7,9-13H,4-6,8H2,1-3H3,(H,18,19)/t12-,13+/m0/s1. The van der Waals surface area contributed by atoms with Crippen LogP contribution in [-0.2, 0) is 4.79 Å². The van der Waals surface area contributed by atoms with Crippen LogP contribution < -0.4 is 10.1 Å². The molecule has 112 valence electrons. The van der Waals surface area contributed by atoms with Crippen molar-refractivity contribution in [3.8, 4) is 5.75 Å². The molecule has 0 aliphatic heterocycles. The van der Waals surface area contributed by atoms with Crippen molar-refractivity contribution in [3.05, 3.63) is 29.3 Å². The van der Waals surface area contributed by atoms with Crippen molar-refractivity contribution < 1.29 is 9.53 Å². The average molecular weight is 298 g/mol. The minimum Gasteiger partial charge on any atom is -0.481 e. The van der Waals surface area contributed by atoms with E-state index < -0.39 is 6.10 Å². The van der Waals surface area contributed by atoms with Gasteiger partial charge in [-0.05, 0) is 38.5 Å². The highest BCUT2D eigenvalue weighted by molar-refractivity contribution is 6.30. The van der Waals surface area contributed by atoms with Crippen LogP contribution in [0.2, 0.25) is 5.02 Å². The van der Waals surface area contributed by atoms with Gasteiger partial charge in [-0.1, -0.05) is 43.9 Å². The quantitative estimate of drug-likeness (QED) is 0.731. The molecular weight excluding hydrogens is 274 g/mol. The maximum atomic E-state index is 12.0. The zero-order valence-corrected chi connectivity index (χ0v) is 13.2. The summed E-state index contributed by atoms with van der Waals surface area (Å²) < 4.78 is 5.59. The summed E-state index contributed by atoms with van der Waals surface area (Å²) in [6.45, 7) is 5.94. The lowest BCUT2D eigenvalue weighted by Crippen LogP contribution is -2.41. The number of nitrogens with one attached hydrogen (secondary N) is 1. The number of carbonyl (C=O) groups excluding carboxylic acids is 1. The molecule has 4 heteroatoms. The molecule has 0 saturated carbocycles. The fraction of sp³-hybridized carbons (Fsp3) is 0.562. The zero-order valence-electron chi connectivity index (χ0n) is 12.5. The summed E-state index contributed by atoms with van der Waals surface area (Å²) in [4.78, 5) is 12.0. The van der Waals surface area contributed by atoms with Gasteiger partial charge in [-0.15, -0.1) is 0 Å². The smallest absolute Gasteiger partial charge is 0.260 e. The van der Waals surface area contributed by atoms with Crippen LogP contribution in [0.5, 0.6) is 5.75 Å². The molecule has 1 aromatic carbocycles. The van der Waals surface area contributed by atoms with E-state index in [0.29, 0.717) is 10.8 Å². The first-order valence-electron chi connectivity index (χ1n) is 7.25. The van der Waals surface area contributed by atoms with Crippen molar-refractivity contribution in [1.29, 1.82) is 0 Å². The normalized spacial score (nSPS) is 13.6. The van der Waals surface area contributed by atoms with Gasteiger partial charge in [0.25, 0.3) is 5.91 Å². The Kier molecular flexibility index (Phi) is 7.45. The number of halogens is 1. The number of amides is 1. The molecule has 3 nitrogen and oxygen atoms in total. The SMILES string of the molecule is CCCCC[C@H](C)NC(=O)[C@@H](C)Oc1cccc(Cl)c1. The van der Waals surface area contributed by atoms with Gasteiger partial charge < -0.3 is 10.1 Å². The van der Waals surface area contributed by atoms with Crippen molar-refractivity contribution in [2.75, 3.05) is 0 Å². The van der Waals surface area contributed by atoms with Crippen molar-refractivity contribution in [1.82, 2.24) is 5.32 Å². The van der Waals surface area contributed by atoms with Crippen LogP contribution in [0, 0.1) is 0 Å². The van der Waals surface area contributed by atoms with Gasteiger partial charge in [0.2, 0.25) is 0 Å². The van der Waals surface area contributed by atoms with Crippen LogP contribution in [-0.4, -0.2) is 18.1 Å². The summed E-state index contributed by atoms with van der Waals surface area (Å²) in [5, 5.41) is 3.58. The summed E-state index contributed by atoms with van der Waals surface area (Å²) in [5.74, 6) is 0.521. The van der Waals surface area contributed by atoms with E-state index >= 15 is 0 Å². The molecule has 0 spiro atoms. The van der Waals surface area contributed by atoms with Crippen LogP contribution >= 0.6 is 11.6 Å². The van der Waals surface area contributed by atoms with E-state index in [1.54, 1.807) is 31.2 Å². The second-order valence-corrected chi connectivity index (χ2v) is 5.56. The predicted molar refractivity (Wildman–Crippen MR) is 83.3 cm³/mol. The summed E-state index contributed by atoms with van der Waals surface area (Å²) in [6.07, 6.45) is 4.01. The van der Waals surface area contributed by atoms with Gasteiger partial charge in [0.15, 0.2) is 6.10 Å². The Hall–Kier alpha value is -1.22. The van der Waals surface area contributed by atoms with Crippen LogP contribution in [0.1, 0.15) is 46.5 Å². The lowest BCUT2D eigenvalue weighted by atomic mass is 10.1. The summed E-state index contributed by atoms with van der Waals surface area (Å²) >= 11 is 5.88. The highest BCUT2D eigenvalue weighted by Crippen LogP contribution is 2.18. The third-order valence-electron chi connectivity index (χ3n) is 3.11. The molecule has 0 heterocycles. The fourth-order valence-electron chi connectivity index (χ4n) is 1.93. The van der Waals surface area contributed by atoms with Crippen molar-refractivity contribution in [3.63, 3.8) is 0 Å². The molecular formula is C16H24ClNO2. The van der Waals surface area contributed by atoms with Gasteiger partial charge in [0.05, 0.1) is 0 Å². The second kappa shape index (κ2) is 8.85. The number of benzene rings is 1. The Morgan fingerprint density at radius 3 is 2.75 bits per heavy atom. The van der Waals surface area contributed by atoms with Crippen molar-refractivity contribution >= 4 is 17.5 Å². The zero-order chi connectivity index (χ0) is 15.0. The predicted octanol–water partition coefficient (Wildman–Crippen LogP) is 4.19. The molecule has 0 radical (unpaired) electrons. The van der Waals surface area contributed by atoms with E-state index in [1.807, 2.05) is 6.92 Å². The van der Waals surface area contributed by atoms with Gasteiger partial charge in [0.1, 0.15) is 5.75 Å². The lowest BCUT2D eigenvalue weighted by molar-refractivity contribution is -0.127. The molecule has 20 heavy (non-hydrogen) atoms. The number of ether oxygens (including phenoxy) is 1. The van der Waals surface area contributed by atoms with Crippen LogP contribution in [0.25, 0.3) is 0 Å². The lowest BCUT2D eigenvalue weighted by Gasteiger charge is -2.18. The molecule has 0 bridgehead atoms. The molecule has 0 aliphatic rings. The van der Waals surface area contributed by atoms with Gasteiger partial charge in [-0.25, -0.2) is 0 Å². The minimum atomic E-state index is -0.526. The number of rotatable bonds is 8. The van der Waals surface area contributed by atoms with E-state index in [1.165, 1.54) is 12.8 Å². The molecule has 1 N–H and O–H groups in total. The maximum absolute atomic E-state index is 12.0. The Balaban J connectivity index is 2.39. The second-order valence-electron chi connectivity index (χ2n) is 5.12. The van der Waals surface area contributed by atoms with Crippen LogP contribution in [0.3, 0.4) is 0 Å². The number of unbranched alkanes of at least 4 members (excludes halogenated alkanes) is 2. The first kappa shape index (κ1) is 16.8.